The van der Waals surface area contributed by atoms with Crippen molar-refractivity contribution in [1.29, 1.82) is 0 Å². The molecule has 0 bridgehead atoms. The van der Waals surface area contributed by atoms with Crippen LogP contribution in [0.25, 0.3) is 22.4 Å². The molecule has 0 saturated heterocycles. The van der Waals surface area contributed by atoms with E-state index in [2.05, 4.69) is 20.3 Å². The molecule has 0 atom stereocenters. The lowest BCUT2D eigenvalue weighted by Crippen LogP contribution is -2.03. The van der Waals surface area contributed by atoms with Gasteiger partial charge < -0.3 is 5.73 Å². The van der Waals surface area contributed by atoms with Crippen LogP contribution in [0.1, 0.15) is 5.82 Å². The summed E-state index contributed by atoms with van der Waals surface area (Å²) in [5.41, 5.74) is 8.10. The van der Waals surface area contributed by atoms with E-state index in [1.165, 1.54) is 0 Å². The van der Waals surface area contributed by atoms with E-state index >= 15 is 0 Å². The van der Waals surface area contributed by atoms with Crippen molar-refractivity contribution < 1.29 is 0 Å². The molecule has 7 nitrogen and oxygen atoms in total. The van der Waals surface area contributed by atoms with Crippen molar-refractivity contribution in [2.24, 2.45) is 0 Å². The molecule has 0 fully saturated rings. The molecule has 2 N–H and O–H groups in total. The molecule has 0 radical (unpaired) electrons. The van der Waals surface area contributed by atoms with Gasteiger partial charge in [0, 0.05) is 23.5 Å². The van der Waals surface area contributed by atoms with Crippen LogP contribution in [0.5, 0.6) is 0 Å². The van der Waals surface area contributed by atoms with Gasteiger partial charge in [-0.2, -0.15) is 5.10 Å². The molecule has 7 heteroatoms. The van der Waals surface area contributed by atoms with E-state index in [0.717, 1.165) is 16.7 Å². The number of nitrogens with two attached hydrogens (primary N) is 1. The number of anilines is 1. The molecule has 4 rings (SSSR count). The van der Waals surface area contributed by atoms with E-state index in [4.69, 9.17) is 5.73 Å². The maximum absolute atomic E-state index is 5.85. The van der Waals surface area contributed by atoms with Gasteiger partial charge in [0.2, 0.25) is 5.65 Å². The van der Waals surface area contributed by atoms with E-state index in [9.17, 15) is 0 Å². The zero-order chi connectivity index (χ0) is 13.7. The Hall–Kier alpha value is -2.96. The first-order valence-electron chi connectivity index (χ1n) is 6.14. The van der Waals surface area contributed by atoms with Gasteiger partial charge in [-0.15, -0.1) is 10.2 Å². The third-order valence-electron chi connectivity index (χ3n) is 3.27. The number of rotatable bonds is 1. The molecule has 0 aliphatic rings. The lowest BCUT2D eigenvalue weighted by atomic mass is 10.2. The summed E-state index contributed by atoms with van der Waals surface area (Å²) in [7, 11) is 0. The van der Waals surface area contributed by atoms with E-state index in [1.807, 2.05) is 35.7 Å². The second kappa shape index (κ2) is 3.77. The molecule has 0 amide bonds. The van der Waals surface area contributed by atoms with Crippen molar-refractivity contribution in [2.45, 2.75) is 6.92 Å². The third-order valence-corrected chi connectivity index (χ3v) is 3.27. The molecule has 98 valence electrons. The first kappa shape index (κ1) is 10.9. The van der Waals surface area contributed by atoms with Crippen LogP contribution in [0.4, 0.5) is 5.69 Å². The van der Waals surface area contributed by atoms with Crippen molar-refractivity contribution in [2.75, 3.05) is 5.73 Å². The smallest absolute Gasteiger partial charge is 0.206 e. The van der Waals surface area contributed by atoms with Gasteiger partial charge >= 0.3 is 0 Å². The molecular formula is C13H11N7. The van der Waals surface area contributed by atoms with Crippen LogP contribution in [0, 0.1) is 6.92 Å². The lowest BCUT2D eigenvalue weighted by Gasteiger charge is -2.04. The van der Waals surface area contributed by atoms with E-state index in [1.54, 1.807) is 17.1 Å². The van der Waals surface area contributed by atoms with Gasteiger partial charge in [0.05, 0.1) is 11.7 Å². The molecule has 20 heavy (non-hydrogen) atoms. The van der Waals surface area contributed by atoms with Crippen LogP contribution >= 0.6 is 0 Å². The number of fused-ring (bicyclic) bond motifs is 2. The summed E-state index contributed by atoms with van der Waals surface area (Å²) in [5.74, 6) is 1.44. The van der Waals surface area contributed by atoms with Gasteiger partial charge in [0.15, 0.2) is 5.82 Å². The summed E-state index contributed by atoms with van der Waals surface area (Å²) in [4.78, 5) is 4.38. The molecule has 1 aromatic carbocycles. The van der Waals surface area contributed by atoms with Gasteiger partial charge in [0.1, 0.15) is 5.82 Å². The molecule has 3 aromatic heterocycles. The quantitative estimate of drug-likeness (QED) is 0.525. The third kappa shape index (κ3) is 1.40. The van der Waals surface area contributed by atoms with Crippen LogP contribution in [-0.4, -0.2) is 29.4 Å². The normalized spacial score (nSPS) is 11.4. The van der Waals surface area contributed by atoms with Crippen molar-refractivity contribution >= 4 is 22.2 Å². The van der Waals surface area contributed by atoms with Gasteiger partial charge in [-0.25, -0.2) is 9.67 Å². The van der Waals surface area contributed by atoms with Crippen molar-refractivity contribution in [3.63, 3.8) is 0 Å². The fraction of sp³-hybridized carbons (Fsp3) is 0.0769. The molecule has 3 heterocycles. The molecule has 0 saturated carbocycles. The average Bonchev–Trinajstić information content (AvgIpc) is 3.03. The standard InChI is InChI=1S/C13H11N7/c1-8-17-18-13-12(15-4-5-19(8)13)20-11-6-10(14)3-2-9(11)7-16-20/h2-7H,14H2,1H3. The number of hydrogen-bond donors (Lipinski definition) is 1. The predicted octanol–water partition coefficient (Wildman–Crippen LogP) is 1.35. The van der Waals surface area contributed by atoms with Crippen LogP contribution < -0.4 is 5.73 Å². The Morgan fingerprint density at radius 2 is 2.10 bits per heavy atom. The first-order chi connectivity index (χ1) is 9.74. The maximum atomic E-state index is 5.85. The van der Waals surface area contributed by atoms with Gasteiger partial charge in [-0.05, 0) is 25.1 Å². The highest BCUT2D eigenvalue weighted by molar-refractivity contribution is 5.83. The Morgan fingerprint density at radius 3 is 3.00 bits per heavy atom. The predicted molar refractivity (Wildman–Crippen MR) is 74.6 cm³/mol. The van der Waals surface area contributed by atoms with E-state index in [-0.39, 0.29) is 0 Å². The van der Waals surface area contributed by atoms with Gasteiger partial charge in [-0.3, -0.25) is 4.40 Å². The Kier molecular flexibility index (Phi) is 2.06. The van der Waals surface area contributed by atoms with E-state index < -0.39 is 0 Å². The SMILES string of the molecule is Cc1nnc2c(-n3ncc4ccc(N)cc43)nccn12. The topological polar surface area (TPSA) is 86.9 Å². The Balaban J connectivity index is 2.08. The molecule has 0 unspecified atom stereocenters. The molecule has 0 aliphatic heterocycles. The number of hydrogen-bond acceptors (Lipinski definition) is 5. The largest absolute Gasteiger partial charge is 0.399 e. The zero-order valence-corrected chi connectivity index (χ0v) is 10.7. The molecule has 4 aromatic rings. The fourth-order valence-electron chi connectivity index (χ4n) is 2.28. The number of nitrogens with zero attached hydrogens (tertiary/aromatic N) is 6. The minimum Gasteiger partial charge on any atom is -0.399 e. The molecular weight excluding hydrogens is 254 g/mol. The summed E-state index contributed by atoms with van der Waals surface area (Å²) in [6, 6.07) is 5.66. The van der Waals surface area contributed by atoms with Crippen LogP contribution in [-0.2, 0) is 0 Å². The minimum absolute atomic E-state index is 0.633. The highest BCUT2D eigenvalue weighted by Gasteiger charge is 2.13. The maximum Gasteiger partial charge on any atom is 0.206 e. The highest BCUT2D eigenvalue weighted by Crippen LogP contribution is 2.21. The van der Waals surface area contributed by atoms with Crippen molar-refractivity contribution in [3.05, 3.63) is 42.6 Å². The molecule has 0 spiro atoms. The summed E-state index contributed by atoms with van der Waals surface area (Å²) in [6.45, 7) is 1.89. The number of nitrogen functional groups attached to an aromatic ring is 1. The zero-order valence-electron chi connectivity index (χ0n) is 10.7. The monoisotopic (exact) mass is 265 g/mol. The Bertz CT molecular complexity index is 934. The minimum atomic E-state index is 0.633. The van der Waals surface area contributed by atoms with Crippen molar-refractivity contribution in [1.82, 2.24) is 29.4 Å². The fourth-order valence-corrected chi connectivity index (χ4v) is 2.28. The summed E-state index contributed by atoms with van der Waals surface area (Å²) in [5, 5.41) is 13.6. The number of benzene rings is 1. The summed E-state index contributed by atoms with van der Waals surface area (Å²) < 4.78 is 3.61. The second-order valence-electron chi connectivity index (χ2n) is 4.57. The van der Waals surface area contributed by atoms with Gasteiger partial charge in [0.25, 0.3) is 0 Å². The Labute approximate surface area is 113 Å². The van der Waals surface area contributed by atoms with Crippen LogP contribution in [0.2, 0.25) is 0 Å². The summed E-state index contributed by atoms with van der Waals surface area (Å²) >= 11 is 0. The first-order valence-corrected chi connectivity index (χ1v) is 6.14. The van der Waals surface area contributed by atoms with Crippen LogP contribution in [0.3, 0.4) is 0 Å². The second-order valence-corrected chi connectivity index (χ2v) is 4.57. The lowest BCUT2D eigenvalue weighted by molar-refractivity contribution is 0.865. The van der Waals surface area contributed by atoms with E-state index in [0.29, 0.717) is 17.2 Å². The Morgan fingerprint density at radius 1 is 1.20 bits per heavy atom. The highest BCUT2D eigenvalue weighted by atomic mass is 15.3. The summed E-state index contributed by atoms with van der Waals surface area (Å²) in [6.07, 6.45) is 5.32. The van der Waals surface area contributed by atoms with Crippen LogP contribution in [0.15, 0.2) is 36.8 Å². The number of aryl methyl sites for hydroxylation is 1. The number of aromatic nitrogens is 6. The van der Waals surface area contributed by atoms with Crippen molar-refractivity contribution in [3.8, 4) is 5.82 Å². The van der Waals surface area contributed by atoms with Gasteiger partial charge in [-0.1, -0.05) is 0 Å². The molecule has 0 aliphatic carbocycles. The average molecular weight is 265 g/mol.